The van der Waals surface area contributed by atoms with E-state index in [1.54, 1.807) is 0 Å². The lowest BCUT2D eigenvalue weighted by atomic mass is 10.0. The fourth-order valence-corrected chi connectivity index (χ4v) is 6.08. The number of rotatable bonds is 3. The Bertz CT molecular complexity index is 2290. The zero-order valence-electron chi connectivity index (χ0n) is 21.2. The van der Waals surface area contributed by atoms with Crippen LogP contribution in [0.2, 0.25) is 0 Å². The summed E-state index contributed by atoms with van der Waals surface area (Å²) in [6.07, 6.45) is 1.95. The fourth-order valence-electron chi connectivity index (χ4n) is 6.08. The summed E-state index contributed by atoms with van der Waals surface area (Å²) in [5, 5.41) is 10.6. The van der Waals surface area contributed by atoms with Gasteiger partial charge in [0.1, 0.15) is 0 Å². The zero-order valence-corrected chi connectivity index (χ0v) is 21.2. The first kappa shape index (κ1) is 21.3. The van der Waals surface area contributed by atoms with Crippen molar-refractivity contribution in [1.29, 1.82) is 0 Å². The predicted octanol–water partition coefficient (Wildman–Crippen LogP) is 7.69. The van der Waals surface area contributed by atoms with E-state index in [-0.39, 0.29) is 0 Å². The van der Waals surface area contributed by atoms with Gasteiger partial charge < -0.3 is 0 Å². The second kappa shape index (κ2) is 7.94. The van der Waals surface area contributed by atoms with Crippen molar-refractivity contribution in [3.05, 3.63) is 121 Å². The minimum atomic E-state index is 0.585. The molecule has 40 heavy (non-hydrogen) atoms. The lowest BCUT2D eigenvalue weighted by Crippen LogP contribution is -2.06. The van der Waals surface area contributed by atoms with Crippen molar-refractivity contribution in [3.63, 3.8) is 0 Å². The minimum Gasteiger partial charge on any atom is -0.278 e. The largest absolute Gasteiger partial charge is 0.278 e. The van der Waals surface area contributed by atoms with Crippen LogP contribution >= 0.6 is 0 Å². The van der Waals surface area contributed by atoms with Gasteiger partial charge in [-0.2, -0.15) is 15.1 Å². The Morgan fingerprint density at radius 3 is 1.80 bits per heavy atom. The molecule has 0 aliphatic heterocycles. The van der Waals surface area contributed by atoms with E-state index in [0.29, 0.717) is 17.6 Å². The molecule has 9 aromatic rings. The van der Waals surface area contributed by atoms with Gasteiger partial charge in [0, 0.05) is 32.7 Å². The molecule has 0 radical (unpaired) electrons. The SMILES string of the molecule is c1ccc(-c2nc(-c3ccccc3)nc(-n3c4cccc5c6cccc7cnn(c8cccc3c8c54)c76)n2)cc1. The maximum Gasteiger partial charge on any atom is 0.238 e. The van der Waals surface area contributed by atoms with Crippen LogP contribution in [0, 0.1) is 0 Å². The molecular weight excluding hydrogens is 492 g/mol. The number of aromatic nitrogens is 6. The summed E-state index contributed by atoms with van der Waals surface area (Å²) < 4.78 is 4.25. The van der Waals surface area contributed by atoms with Gasteiger partial charge in [0.15, 0.2) is 11.6 Å². The van der Waals surface area contributed by atoms with E-state index < -0.39 is 0 Å². The molecule has 0 atom stereocenters. The van der Waals surface area contributed by atoms with Crippen LogP contribution in [0.5, 0.6) is 0 Å². The Morgan fingerprint density at radius 1 is 0.475 bits per heavy atom. The van der Waals surface area contributed by atoms with Crippen molar-refractivity contribution in [3.8, 4) is 28.7 Å². The van der Waals surface area contributed by atoms with Crippen LogP contribution in [-0.2, 0) is 0 Å². The van der Waals surface area contributed by atoms with Gasteiger partial charge in [-0.05, 0) is 23.6 Å². The molecule has 0 N–H and O–H groups in total. The highest BCUT2D eigenvalue weighted by Crippen LogP contribution is 2.41. The van der Waals surface area contributed by atoms with Crippen LogP contribution < -0.4 is 0 Å². The average Bonchev–Trinajstić information content (AvgIpc) is 3.58. The zero-order chi connectivity index (χ0) is 26.2. The molecule has 0 saturated carbocycles. The van der Waals surface area contributed by atoms with Crippen molar-refractivity contribution in [2.75, 3.05) is 0 Å². The molecule has 0 fully saturated rings. The maximum absolute atomic E-state index is 5.07. The van der Waals surface area contributed by atoms with E-state index in [9.17, 15) is 0 Å². The highest BCUT2D eigenvalue weighted by molar-refractivity contribution is 6.28. The van der Waals surface area contributed by atoms with Crippen molar-refractivity contribution in [2.45, 2.75) is 0 Å². The summed E-state index contributed by atoms with van der Waals surface area (Å²) in [5.41, 5.74) is 6.14. The van der Waals surface area contributed by atoms with Gasteiger partial charge in [-0.25, -0.2) is 9.50 Å². The topological polar surface area (TPSA) is 60.9 Å². The molecule has 0 aliphatic carbocycles. The van der Waals surface area contributed by atoms with Gasteiger partial charge in [0.25, 0.3) is 0 Å². The van der Waals surface area contributed by atoms with Crippen molar-refractivity contribution >= 4 is 49.0 Å². The summed E-state index contributed by atoms with van der Waals surface area (Å²) in [6, 6.07) is 39.5. The fraction of sp³-hybridized carbons (Fsp3) is 0. The highest BCUT2D eigenvalue weighted by Gasteiger charge is 2.22. The quantitative estimate of drug-likeness (QED) is 0.243. The number of hydrogen-bond donors (Lipinski definition) is 0. The van der Waals surface area contributed by atoms with Crippen LogP contribution in [0.3, 0.4) is 0 Å². The summed E-state index contributed by atoms with van der Waals surface area (Å²) in [6.45, 7) is 0. The van der Waals surface area contributed by atoms with Crippen LogP contribution in [0.25, 0.3) is 77.7 Å². The average molecular weight is 513 g/mol. The van der Waals surface area contributed by atoms with Gasteiger partial charge in [-0.3, -0.25) is 4.57 Å². The van der Waals surface area contributed by atoms with Gasteiger partial charge in [0.2, 0.25) is 5.95 Å². The highest BCUT2D eigenvalue weighted by atomic mass is 15.2. The van der Waals surface area contributed by atoms with Crippen LogP contribution in [0.4, 0.5) is 0 Å². The smallest absolute Gasteiger partial charge is 0.238 e. The molecular formula is C34H20N6. The molecule has 5 aromatic carbocycles. The Balaban J connectivity index is 1.46. The van der Waals surface area contributed by atoms with Crippen molar-refractivity contribution in [1.82, 2.24) is 29.1 Å². The summed E-state index contributed by atoms with van der Waals surface area (Å²) in [4.78, 5) is 15.0. The second-order valence-corrected chi connectivity index (χ2v) is 10.0. The van der Waals surface area contributed by atoms with Gasteiger partial charge in [0.05, 0.1) is 28.3 Å². The third-order valence-electron chi connectivity index (χ3n) is 7.79. The van der Waals surface area contributed by atoms with Crippen LogP contribution in [0.15, 0.2) is 121 Å². The standard InChI is InChI=1S/C34H20N6/c1-3-10-21(11-4-1)32-36-33(22-12-5-2-6-13-22)38-34(37-32)39-26-17-8-15-24-25-16-7-14-23-20-35-40(31(23)25)28-19-9-18-27(39)30(28)29(24)26/h1-20H. The Hall–Kier alpha value is -5.62. The minimum absolute atomic E-state index is 0.585. The van der Waals surface area contributed by atoms with E-state index in [2.05, 4.69) is 63.7 Å². The molecule has 0 amide bonds. The van der Waals surface area contributed by atoms with Gasteiger partial charge in [-0.15, -0.1) is 0 Å². The van der Waals surface area contributed by atoms with E-state index in [1.807, 2.05) is 66.9 Å². The normalized spacial score (nSPS) is 12.0. The molecule has 0 unspecified atom stereocenters. The second-order valence-electron chi connectivity index (χ2n) is 10.0. The third kappa shape index (κ3) is 2.87. The number of nitrogens with zero attached hydrogens (tertiary/aromatic N) is 6. The third-order valence-corrected chi connectivity index (χ3v) is 7.79. The number of hydrogen-bond acceptors (Lipinski definition) is 4. The Kier molecular flexibility index (Phi) is 4.24. The lowest BCUT2D eigenvalue weighted by Gasteiger charge is -2.11. The molecule has 186 valence electrons. The van der Waals surface area contributed by atoms with Crippen LogP contribution in [-0.4, -0.2) is 29.1 Å². The molecule has 0 saturated heterocycles. The molecule has 6 nitrogen and oxygen atoms in total. The number of benzene rings is 5. The molecule has 0 bridgehead atoms. The lowest BCUT2D eigenvalue weighted by molar-refractivity contribution is 0.953. The van der Waals surface area contributed by atoms with Gasteiger partial charge in [-0.1, -0.05) is 97.1 Å². The summed E-state index contributed by atoms with van der Waals surface area (Å²) in [5.74, 6) is 1.86. The number of fused-ring (bicyclic) bond motifs is 2. The number of para-hydroxylation sites is 1. The van der Waals surface area contributed by atoms with E-state index in [4.69, 9.17) is 20.1 Å². The molecule has 0 aliphatic rings. The first-order chi connectivity index (χ1) is 19.8. The van der Waals surface area contributed by atoms with Crippen LogP contribution in [0.1, 0.15) is 0 Å². The predicted molar refractivity (Wildman–Crippen MR) is 160 cm³/mol. The molecule has 4 heterocycles. The summed E-state index contributed by atoms with van der Waals surface area (Å²) in [7, 11) is 0. The Labute approximate surface area is 228 Å². The maximum atomic E-state index is 5.07. The van der Waals surface area contributed by atoms with Gasteiger partial charge >= 0.3 is 0 Å². The molecule has 6 heteroatoms. The Morgan fingerprint density at radius 2 is 1.07 bits per heavy atom. The molecule has 4 aromatic heterocycles. The van der Waals surface area contributed by atoms with E-state index in [0.717, 1.165) is 44.0 Å². The van der Waals surface area contributed by atoms with E-state index >= 15 is 0 Å². The first-order valence-electron chi connectivity index (χ1n) is 13.3. The molecule has 9 rings (SSSR count). The van der Waals surface area contributed by atoms with E-state index in [1.165, 1.54) is 16.2 Å². The first-order valence-corrected chi connectivity index (χ1v) is 13.3. The summed E-state index contributed by atoms with van der Waals surface area (Å²) >= 11 is 0. The molecule has 0 spiro atoms. The monoisotopic (exact) mass is 512 g/mol. The van der Waals surface area contributed by atoms with Crippen molar-refractivity contribution < 1.29 is 0 Å². The van der Waals surface area contributed by atoms with Crippen molar-refractivity contribution in [2.24, 2.45) is 0 Å².